The molecule has 4 rings (SSSR count). The maximum absolute atomic E-state index is 10.5. The molecule has 5 nitrogen and oxygen atoms in total. The summed E-state index contributed by atoms with van der Waals surface area (Å²) in [6, 6.07) is 5.80. The van der Waals surface area contributed by atoms with Crippen LogP contribution in [0.15, 0.2) is 22.7 Å². The summed E-state index contributed by atoms with van der Waals surface area (Å²) in [4.78, 5) is 2.41. The molecule has 0 saturated carbocycles. The van der Waals surface area contributed by atoms with Gasteiger partial charge in [0.15, 0.2) is 23.0 Å². The van der Waals surface area contributed by atoms with Crippen molar-refractivity contribution < 1.29 is 19.7 Å². The van der Waals surface area contributed by atoms with Crippen LogP contribution in [0.1, 0.15) is 48.6 Å². The van der Waals surface area contributed by atoms with Gasteiger partial charge in [0.05, 0.1) is 13.2 Å². The zero-order valence-electron chi connectivity index (χ0n) is 16.3. The summed E-state index contributed by atoms with van der Waals surface area (Å²) in [6.45, 7) is 6.75. The summed E-state index contributed by atoms with van der Waals surface area (Å²) in [5.41, 5.74) is 4.63. The van der Waals surface area contributed by atoms with Crippen molar-refractivity contribution in [3.63, 3.8) is 0 Å². The monoisotopic (exact) mass is 447 g/mol. The third-order valence-corrected chi connectivity index (χ3v) is 6.33. The standard InChI is InChI=1S/C22H26BrNO4/c1-3-7-28-21-8-13-5-6-24-12-16-15(9-18(24)14(13)10-19(21)25)17(23)11-20(26)22(16)27-4-2/h8,10-11,18,25-26H,3-7,9,12H2,1-2H3/t18-/m0/s1. The molecule has 1 atom stereocenters. The van der Waals surface area contributed by atoms with E-state index in [-0.39, 0.29) is 17.5 Å². The molecular weight excluding hydrogens is 422 g/mol. The van der Waals surface area contributed by atoms with Crippen LogP contribution in [0.25, 0.3) is 0 Å². The second-order valence-corrected chi connectivity index (χ2v) is 8.26. The van der Waals surface area contributed by atoms with Crippen LogP contribution in [0.2, 0.25) is 0 Å². The maximum Gasteiger partial charge on any atom is 0.165 e. The molecule has 0 fully saturated rings. The number of fused-ring (bicyclic) bond motifs is 4. The number of nitrogens with zero attached hydrogens (tertiary/aromatic N) is 1. The lowest BCUT2D eigenvalue weighted by Crippen LogP contribution is -2.39. The van der Waals surface area contributed by atoms with E-state index < -0.39 is 0 Å². The largest absolute Gasteiger partial charge is 0.504 e. The predicted octanol–water partition coefficient (Wildman–Crippen LogP) is 4.70. The van der Waals surface area contributed by atoms with E-state index in [1.807, 2.05) is 19.1 Å². The van der Waals surface area contributed by atoms with E-state index in [2.05, 4.69) is 27.8 Å². The van der Waals surface area contributed by atoms with E-state index >= 15 is 0 Å². The Balaban J connectivity index is 1.72. The highest BCUT2D eigenvalue weighted by atomic mass is 79.9. The molecule has 2 aromatic rings. The van der Waals surface area contributed by atoms with E-state index in [4.69, 9.17) is 9.47 Å². The Hall–Kier alpha value is -1.92. The van der Waals surface area contributed by atoms with Crippen LogP contribution in [0, 0.1) is 0 Å². The van der Waals surface area contributed by atoms with Crippen molar-refractivity contribution in [1.82, 2.24) is 4.90 Å². The van der Waals surface area contributed by atoms with E-state index in [0.717, 1.165) is 48.0 Å². The summed E-state index contributed by atoms with van der Waals surface area (Å²) in [6.07, 6.45) is 2.62. The fourth-order valence-corrected chi connectivity index (χ4v) is 4.94. The lowest BCUT2D eigenvalue weighted by Gasteiger charge is -2.42. The Kier molecular flexibility index (Phi) is 5.43. The Morgan fingerprint density at radius 1 is 1.11 bits per heavy atom. The van der Waals surface area contributed by atoms with Crippen molar-refractivity contribution in [3.05, 3.63) is 44.9 Å². The van der Waals surface area contributed by atoms with Gasteiger partial charge in [0.1, 0.15) is 0 Å². The zero-order valence-corrected chi connectivity index (χ0v) is 17.9. The highest BCUT2D eigenvalue weighted by Gasteiger charge is 2.36. The van der Waals surface area contributed by atoms with Gasteiger partial charge < -0.3 is 19.7 Å². The maximum atomic E-state index is 10.5. The highest BCUT2D eigenvalue weighted by Crippen LogP contribution is 2.47. The molecule has 0 aromatic heterocycles. The quantitative estimate of drug-likeness (QED) is 0.694. The normalized spacial score (nSPS) is 18.2. The minimum atomic E-state index is 0.179. The topological polar surface area (TPSA) is 62.2 Å². The fourth-order valence-electron chi connectivity index (χ4n) is 4.32. The van der Waals surface area contributed by atoms with Crippen molar-refractivity contribution in [2.24, 2.45) is 0 Å². The Labute approximate surface area is 174 Å². The summed E-state index contributed by atoms with van der Waals surface area (Å²) < 4.78 is 12.4. The van der Waals surface area contributed by atoms with Gasteiger partial charge in [0, 0.05) is 29.2 Å². The summed E-state index contributed by atoms with van der Waals surface area (Å²) in [5.74, 6) is 1.56. The average molecular weight is 448 g/mol. The van der Waals surface area contributed by atoms with Gasteiger partial charge in [-0.3, -0.25) is 4.90 Å². The molecule has 6 heteroatoms. The number of benzene rings is 2. The number of hydrogen-bond acceptors (Lipinski definition) is 5. The van der Waals surface area contributed by atoms with Crippen molar-refractivity contribution in [2.75, 3.05) is 19.8 Å². The Morgan fingerprint density at radius 2 is 1.93 bits per heavy atom. The Bertz CT molecular complexity index is 899. The molecule has 0 saturated heterocycles. The number of halogens is 1. The second-order valence-electron chi connectivity index (χ2n) is 7.40. The minimum absolute atomic E-state index is 0.179. The zero-order chi connectivity index (χ0) is 19.8. The molecule has 0 amide bonds. The van der Waals surface area contributed by atoms with Crippen molar-refractivity contribution in [2.45, 2.75) is 45.7 Å². The molecule has 0 bridgehead atoms. The van der Waals surface area contributed by atoms with Gasteiger partial charge in [-0.25, -0.2) is 0 Å². The van der Waals surface area contributed by atoms with E-state index in [9.17, 15) is 10.2 Å². The summed E-state index contributed by atoms with van der Waals surface area (Å²) in [7, 11) is 0. The molecular formula is C22H26BrNO4. The van der Waals surface area contributed by atoms with Gasteiger partial charge in [-0.15, -0.1) is 0 Å². The molecule has 2 heterocycles. The van der Waals surface area contributed by atoms with Gasteiger partial charge in [0.2, 0.25) is 0 Å². The number of phenolic OH excluding ortho intramolecular Hbond substituents is 2. The van der Waals surface area contributed by atoms with Crippen LogP contribution in [0.5, 0.6) is 23.0 Å². The third-order valence-electron chi connectivity index (χ3n) is 5.62. The molecule has 0 radical (unpaired) electrons. The lowest BCUT2D eigenvalue weighted by atomic mass is 9.83. The Morgan fingerprint density at radius 3 is 2.68 bits per heavy atom. The number of rotatable bonds is 5. The van der Waals surface area contributed by atoms with Crippen LogP contribution in [0.3, 0.4) is 0 Å². The smallest absolute Gasteiger partial charge is 0.165 e. The van der Waals surface area contributed by atoms with Gasteiger partial charge >= 0.3 is 0 Å². The molecule has 2 N–H and O–H groups in total. The molecule has 0 unspecified atom stereocenters. The van der Waals surface area contributed by atoms with Crippen molar-refractivity contribution >= 4 is 15.9 Å². The molecule has 0 aliphatic carbocycles. The SMILES string of the molecule is CCCOc1cc2c(cc1O)[C@@H]1Cc3c(Br)cc(O)c(OCC)c3CN1CC2. The number of aromatic hydroxyl groups is 2. The first kappa shape index (κ1) is 19.4. The van der Waals surface area contributed by atoms with Gasteiger partial charge in [-0.2, -0.15) is 0 Å². The van der Waals surface area contributed by atoms with Crippen LogP contribution in [-0.4, -0.2) is 34.9 Å². The second kappa shape index (κ2) is 7.84. The summed E-state index contributed by atoms with van der Waals surface area (Å²) in [5, 5.41) is 20.8. The fraction of sp³-hybridized carbons (Fsp3) is 0.455. The first-order valence-electron chi connectivity index (χ1n) is 9.92. The molecule has 150 valence electrons. The molecule has 2 aliphatic heterocycles. The van der Waals surface area contributed by atoms with Crippen molar-refractivity contribution in [3.8, 4) is 23.0 Å². The number of phenols is 2. The number of hydrogen-bond donors (Lipinski definition) is 2. The lowest BCUT2D eigenvalue weighted by molar-refractivity contribution is 0.155. The van der Waals surface area contributed by atoms with Gasteiger partial charge in [-0.1, -0.05) is 22.9 Å². The van der Waals surface area contributed by atoms with Crippen LogP contribution in [-0.2, 0) is 19.4 Å². The highest BCUT2D eigenvalue weighted by molar-refractivity contribution is 9.10. The van der Waals surface area contributed by atoms with E-state index in [0.29, 0.717) is 24.7 Å². The molecule has 0 spiro atoms. The average Bonchev–Trinajstić information content (AvgIpc) is 2.68. The molecule has 28 heavy (non-hydrogen) atoms. The van der Waals surface area contributed by atoms with Crippen LogP contribution in [0.4, 0.5) is 0 Å². The van der Waals surface area contributed by atoms with Gasteiger partial charge in [-0.05, 0) is 61.1 Å². The molecule has 2 aliphatic rings. The predicted molar refractivity (Wildman–Crippen MR) is 111 cm³/mol. The van der Waals surface area contributed by atoms with Crippen LogP contribution >= 0.6 is 15.9 Å². The molecule has 2 aromatic carbocycles. The van der Waals surface area contributed by atoms with E-state index in [1.165, 1.54) is 11.1 Å². The number of ether oxygens (including phenoxy) is 2. The van der Waals surface area contributed by atoms with Gasteiger partial charge in [0.25, 0.3) is 0 Å². The summed E-state index contributed by atoms with van der Waals surface area (Å²) >= 11 is 3.63. The first-order chi connectivity index (χ1) is 13.5. The van der Waals surface area contributed by atoms with E-state index in [1.54, 1.807) is 6.07 Å². The van der Waals surface area contributed by atoms with Crippen LogP contribution < -0.4 is 9.47 Å². The van der Waals surface area contributed by atoms with Crippen molar-refractivity contribution in [1.29, 1.82) is 0 Å². The minimum Gasteiger partial charge on any atom is -0.504 e. The first-order valence-corrected chi connectivity index (χ1v) is 10.7. The third kappa shape index (κ3) is 3.33.